The van der Waals surface area contributed by atoms with Gasteiger partial charge in [0.2, 0.25) is 0 Å². The van der Waals surface area contributed by atoms with E-state index < -0.39 is 0 Å². The number of rotatable bonds is 3. The summed E-state index contributed by atoms with van der Waals surface area (Å²) in [5.74, 6) is 0.666. The topological polar surface area (TPSA) is 36.4 Å². The highest BCUT2D eigenvalue weighted by Crippen LogP contribution is 2.22. The van der Waals surface area contributed by atoms with Crippen molar-refractivity contribution in [1.82, 2.24) is 10.6 Å². The van der Waals surface area contributed by atoms with Crippen LogP contribution in [0.3, 0.4) is 0 Å². The van der Waals surface area contributed by atoms with Crippen molar-refractivity contribution in [3.63, 3.8) is 0 Å². The third-order valence-electron chi connectivity index (χ3n) is 3.20. The second-order valence-corrected chi connectivity index (χ2v) is 5.26. The van der Waals surface area contributed by atoms with Crippen molar-refractivity contribution in [3.05, 3.63) is 35.6 Å². The standard InChI is InChI=1S/C14H20FN3/c1-14(2,11-5-3-6-12(15)9-11)10-18-13-16-7-4-8-17-13/h3,5-6,9H,4,7-8,10H2,1-2H3,(H2,16,17,18). The summed E-state index contributed by atoms with van der Waals surface area (Å²) in [5.41, 5.74) is 0.857. The first-order valence-electron chi connectivity index (χ1n) is 6.36. The van der Waals surface area contributed by atoms with E-state index in [-0.39, 0.29) is 11.2 Å². The molecule has 0 fully saturated rings. The molecule has 0 unspecified atom stereocenters. The molecule has 0 saturated heterocycles. The van der Waals surface area contributed by atoms with Crippen LogP contribution in [0.15, 0.2) is 29.3 Å². The number of hydrogen-bond donors (Lipinski definition) is 2. The first kappa shape index (κ1) is 12.9. The second-order valence-electron chi connectivity index (χ2n) is 5.26. The summed E-state index contributed by atoms with van der Waals surface area (Å²) < 4.78 is 13.2. The molecule has 0 aromatic heterocycles. The maximum atomic E-state index is 13.2. The normalized spacial score (nSPS) is 15.8. The van der Waals surface area contributed by atoms with Gasteiger partial charge in [-0.2, -0.15) is 0 Å². The number of nitrogens with zero attached hydrogens (tertiary/aromatic N) is 1. The summed E-state index contributed by atoms with van der Waals surface area (Å²) in [4.78, 5) is 4.36. The van der Waals surface area contributed by atoms with Crippen LogP contribution in [0.2, 0.25) is 0 Å². The van der Waals surface area contributed by atoms with Gasteiger partial charge in [0.15, 0.2) is 5.96 Å². The Hall–Kier alpha value is -1.58. The van der Waals surface area contributed by atoms with Gasteiger partial charge in [0.25, 0.3) is 0 Å². The average Bonchev–Trinajstić information content (AvgIpc) is 2.38. The van der Waals surface area contributed by atoms with Crippen LogP contribution >= 0.6 is 0 Å². The van der Waals surface area contributed by atoms with E-state index >= 15 is 0 Å². The third-order valence-corrected chi connectivity index (χ3v) is 3.20. The molecule has 0 aliphatic carbocycles. The van der Waals surface area contributed by atoms with Crippen molar-refractivity contribution >= 4 is 5.96 Å². The summed E-state index contributed by atoms with van der Waals surface area (Å²) in [5, 5.41) is 6.52. The number of guanidine groups is 1. The zero-order valence-corrected chi connectivity index (χ0v) is 11.0. The molecule has 98 valence electrons. The van der Waals surface area contributed by atoms with Gasteiger partial charge in [-0.1, -0.05) is 26.0 Å². The molecule has 2 rings (SSSR count). The monoisotopic (exact) mass is 249 g/mol. The van der Waals surface area contributed by atoms with E-state index in [1.807, 2.05) is 6.07 Å². The Morgan fingerprint density at radius 2 is 2.28 bits per heavy atom. The smallest absolute Gasteiger partial charge is 0.191 e. The van der Waals surface area contributed by atoms with Gasteiger partial charge in [-0.05, 0) is 24.1 Å². The van der Waals surface area contributed by atoms with Crippen LogP contribution in [0, 0.1) is 5.82 Å². The van der Waals surface area contributed by atoms with Crippen LogP contribution in [0.5, 0.6) is 0 Å². The van der Waals surface area contributed by atoms with E-state index in [0.29, 0.717) is 0 Å². The lowest BCUT2D eigenvalue weighted by Gasteiger charge is -2.27. The Bertz CT molecular complexity index is 440. The highest BCUT2D eigenvalue weighted by atomic mass is 19.1. The van der Waals surface area contributed by atoms with Crippen LogP contribution in [0.25, 0.3) is 0 Å². The van der Waals surface area contributed by atoms with Gasteiger partial charge >= 0.3 is 0 Å². The van der Waals surface area contributed by atoms with Crippen molar-refractivity contribution < 1.29 is 4.39 Å². The maximum absolute atomic E-state index is 13.2. The molecule has 1 aromatic rings. The van der Waals surface area contributed by atoms with Crippen molar-refractivity contribution in [2.75, 3.05) is 19.6 Å². The minimum Gasteiger partial charge on any atom is -0.356 e. The first-order chi connectivity index (χ1) is 8.58. The number of aliphatic imine (C=N–C) groups is 1. The van der Waals surface area contributed by atoms with E-state index in [1.165, 1.54) is 6.07 Å². The molecule has 0 bridgehead atoms. The van der Waals surface area contributed by atoms with Crippen molar-refractivity contribution in [3.8, 4) is 0 Å². The highest BCUT2D eigenvalue weighted by Gasteiger charge is 2.21. The summed E-state index contributed by atoms with van der Waals surface area (Å²) in [7, 11) is 0. The van der Waals surface area contributed by atoms with Crippen LogP contribution in [-0.4, -0.2) is 25.6 Å². The van der Waals surface area contributed by atoms with E-state index in [1.54, 1.807) is 12.1 Å². The third kappa shape index (κ3) is 3.22. The van der Waals surface area contributed by atoms with E-state index in [9.17, 15) is 4.39 Å². The van der Waals surface area contributed by atoms with E-state index in [4.69, 9.17) is 0 Å². The van der Waals surface area contributed by atoms with Crippen LogP contribution < -0.4 is 10.6 Å². The predicted molar refractivity (Wildman–Crippen MR) is 72.4 cm³/mol. The van der Waals surface area contributed by atoms with Crippen LogP contribution in [-0.2, 0) is 5.41 Å². The minimum atomic E-state index is -0.186. The van der Waals surface area contributed by atoms with Gasteiger partial charge in [-0.25, -0.2) is 4.39 Å². The zero-order chi connectivity index (χ0) is 13.0. The second kappa shape index (κ2) is 5.38. The number of benzene rings is 1. The van der Waals surface area contributed by atoms with Gasteiger partial charge in [0.05, 0.1) is 0 Å². The molecule has 0 amide bonds. The molecular weight excluding hydrogens is 229 g/mol. The molecule has 0 saturated carbocycles. The molecule has 1 aromatic carbocycles. The summed E-state index contributed by atoms with van der Waals surface area (Å²) >= 11 is 0. The van der Waals surface area contributed by atoms with Crippen LogP contribution in [0.4, 0.5) is 4.39 Å². The molecule has 1 aliphatic rings. The molecule has 4 heteroatoms. The van der Waals surface area contributed by atoms with Crippen molar-refractivity contribution in [1.29, 1.82) is 0 Å². The Balaban J connectivity index is 2.00. The van der Waals surface area contributed by atoms with Gasteiger partial charge < -0.3 is 10.6 Å². The van der Waals surface area contributed by atoms with E-state index in [2.05, 4.69) is 29.5 Å². The summed E-state index contributed by atoms with van der Waals surface area (Å²) in [6.07, 6.45) is 1.08. The SMILES string of the molecule is CC(C)(CNC1=NCCCN1)c1cccc(F)c1. The van der Waals surface area contributed by atoms with E-state index in [0.717, 1.165) is 37.6 Å². The Morgan fingerprint density at radius 1 is 1.44 bits per heavy atom. The van der Waals surface area contributed by atoms with Crippen molar-refractivity contribution in [2.45, 2.75) is 25.7 Å². The number of halogens is 1. The summed E-state index contributed by atoms with van der Waals surface area (Å²) in [6, 6.07) is 6.78. The Kier molecular flexibility index (Phi) is 3.84. The van der Waals surface area contributed by atoms with Crippen molar-refractivity contribution in [2.24, 2.45) is 4.99 Å². The number of hydrogen-bond acceptors (Lipinski definition) is 3. The molecule has 0 atom stereocenters. The molecule has 2 N–H and O–H groups in total. The molecule has 18 heavy (non-hydrogen) atoms. The maximum Gasteiger partial charge on any atom is 0.191 e. The fourth-order valence-corrected chi connectivity index (χ4v) is 1.97. The van der Waals surface area contributed by atoms with Gasteiger partial charge in [0, 0.05) is 25.0 Å². The minimum absolute atomic E-state index is 0.135. The van der Waals surface area contributed by atoms with Crippen LogP contribution in [0.1, 0.15) is 25.8 Å². The summed E-state index contributed by atoms with van der Waals surface area (Å²) in [6.45, 7) is 6.75. The lowest BCUT2D eigenvalue weighted by atomic mass is 9.84. The molecule has 0 spiro atoms. The first-order valence-corrected chi connectivity index (χ1v) is 6.36. The number of nitrogens with one attached hydrogen (secondary N) is 2. The van der Waals surface area contributed by atoms with Gasteiger partial charge in [-0.15, -0.1) is 0 Å². The quantitative estimate of drug-likeness (QED) is 0.860. The lowest BCUT2D eigenvalue weighted by Crippen LogP contribution is -2.45. The highest BCUT2D eigenvalue weighted by molar-refractivity contribution is 5.80. The molecule has 1 heterocycles. The Labute approximate surface area is 108 Å². The molecular formula is C14H20FN3. The predicted octanol–water partition coefficient (Wildman–Crippen LogP) is 2.04. The zero-order valence-electron chi connectivity index (χ0n) is 11.0. The molecule has 0 radical (unpaired) electrons. The lowest BCUT2D eigenvalue weighted by molar-refractivity contribution is 0.500. The fourth-order valence-electron chi connectivity index (χ4n) is 1.97. The molecule has 1 aliphatic heterocycles. The van der Waals surface area contributed by atoms with Gasteiger partial charge in [-0.3, -0.25) is 4.99 Å². The van der Waals surface area contributed by atoms with Gasteiger partial charge in [0.1, 0.15) is 5.82 Å². The largest absolute Gasteiger partial charge is 0.356 e. The average molecular weight is 249 g/mol. The fraction of sp³-hybridized carbons (Fsp3) is 0.500. The molecule has 3 nitrogen and oxygen atoms in total. The Morgan fingerprint density at radius 3 is 2.94 bits per heavy atom.